The molecule has 1 saturated heterocycles. The van der Waals surface area contributed by atoms with E-state index >= 15 is 0 Å². The first-order chi connectivity index (χ1) is 19.0. The number of halogens is 4. The zero-order valence-corrected chi connectivity index (χ0v) is 23.0. The minimum absolute atomic E-state index is 0.0591. The van der Waals surface area contributed by atoms with Crippen LogP contribution >= 0.6 is 11.6 Å². The second-order valence-electron chi connectivity index (χ2n) is 8.92. The van der Waals surface area contributed by atoms with Crippen molar-refractivity contribution in [2.45, 2.75) is 17.5 Å². The third-order valence-electron chi connectivity index (χ3n) is 6.61. The van der Waals surface area contributed by atoms with Gasteiger partial charge in [0.05, 0.1) is 24.8 Å². The van der Waals surface area contributed by atoms with E-state index in [4.69, 9.17) is 21.1 Å². The number of anilines is 1. The molecule has 15 heteroatoms. The summed E-state index contributed by atoms with van der Waals surface area (Å²) in [4.78, 5) is 10.2. The van der Waals surface area contributed by atoms with Gasteiger partial charge in [-0.2, -0.15) is 32.1 Å². The highest BCUT2D eigenvalue weighted by Gasteiger charge is 2.34. The molecular weight excluding hydrogens is 573 g/mol. The second-order valence-corrected chi connectivity index (χ2v) is 11.2. The zero-order valence-electron chi connectivity index (χ0n) is 21.4. The molecule has 0 bridgehead atoms. The Bertz CT molecular complexity index is 1660. The number of methoxy groups -OCH3 is 2. The normalized spacial score (nSPS) is 15.3. The van der Waals surface area contributed by atoms with Crippen molar-refractivity contribution in [3.8, 4) is 22.6 Å². The van der Waals surface area contributed by atoms with Crippen LogP contribution in [0.5, 0.6) is 11.5 Å². The van der Waals surface area contributed by atoms with Crippen LogP contribution in [0.15, 0.2) is 53.8 Å². The monoisotopic (exact) mass is 596 g/mol. The van der Waals surface area contributed by atoms with Gasteiger partial charge in [-0.1, -0.05) is 17.7 Å². The van der Waals surface area contributed by atoms with Gasteiger partial charge in [-0.05, 0) is 42.3 Å². The fourth-order valence-corrected chi connectivity index (χ4v) is 6.64. The summed E-state index contributed by atoms with van der Waals surface area (Å²) in [5.74, 6) is 2.09. The number of fused-ring (bicyclic) bond motifs is 1. The number of rotatable bonds is 6. The number of alkyl halides is 3. The summed E-state index contributed by atoms with van der Waals surface area (Å²) in [5, 5.41) is 3.86. The van der Waals surface area contributed by atoms with E-state index in [1.54, 1.807) is 23.9 Å². The van der Waals surface area contributed by atoms with Gasteiger partial charge in [-0.15, -0.1) is 0 Å². The molecule has 40 heavy (non-hydrogen) atoms. The molecule has 0 spiro atoms. The fourth-order valence-electron chi connectivity index (χ4n) is 4.65. The van der Waals surface area contributed by atoms with E-state index in [-0.39, 0.29) is 24.5 Å². The van der Waals surface area contributed by atoms with Gasteiger partial charge in [-0.3, -0.25) is 0 Å². The average molecular weight is 597 g/mol. The Morgan fingerprint density at radius 3 is 2.42 bits per heavy atom. The molecular formula is C25H24ClF3N6O4S. The van der Waals surface area contributed by atoms with Crippen LogP contribution in [0.2, 0.25) is 5.02 Å². The summed E-state index contributed by atoms with van der Waals surface area (Å²) < 4.78 is 79.7. The van der Waals surface area contributed by atoms with Crippen LogP contribution in [0.1, 0.15) is 12.0 Å². The van der Waals surface area contributed by atoms with E-state index in [1.807, 2.05) is 17.0 Å². The first-order valence-corrected chi connectivity index (χ1v) is 13.9. The minimum atomic E-state index is -4.64. The molecule has 1 aliphatic rings. The Morgan fingerprint density at radius 1 is 0.950 bits per heavy atom. The Balaban J connectivity index is 1.48. The van der Waals surface area contributed by atoms with Crippen LogP contribution in [-0.4, -0.2) is 72.7 Å². The van der Waals surface area contributed by atoms with E-state index < -0.39 is 26.8 Å². The molecule has 0 saturated carbocycles. The van der Waals surface area contributed by atoms with Crippen molar-refractivity contribution in [1.29, 1.82) is 0 Å². The van der Waals surface area contributed by atoms with Crippen molar-refractivity contribution in [3.05, 3.63) is 59.5 Å². The van der Waals surface area contributed by atoms with Crippen molar-refractivity contribution in [2.75, 3.05) is 45.3 Å². The maximum absolute atomic E-state index is 13.4. The lowest BCUT2D eigenvalue weighted by atomic mass is 10.1. The van der Waals surface area contributed by atoms with Crippen molar-refractivity contribution in [1.82, 2.24) is 23.9 Å². The van der Waals surface area contributed by atoms with Crippen LogP contribution in [0.4, 0.5) is 19.0 Å². The number of nitrogens with zero attached hydrogens (tertiary/aromatic N) is 6. The third-order valence-corrected chi connectivity index (χ3v) is 8.99. The lowest BCUT2D eigenvalue weighted by molar-refractivity contribution is -0.137. The molecule has 212 valence electrons. The Morgan fingerprint density at radius 2 is 1.73 bits per heavy atom. The minimum Gasteiger partial charge on any atom is -0.493 e. The van der Waals surface area contributed by atoms with Crippen molar-refractivity contribution >= 4 is 33.2 Å². The van der Waals surface area contributed by atoms with Gasteiger partial charge in [0.15, 0.2) is 11.5 Å². The maximum atomic E-state index is 13.4. The molecule has 0 unspecified atom stereocenters. The summed E-state index contributed by atoms with van der Waals surface area (Å²) in [6.07, 6.45) is -1.16. The van der Waals surface area contributed by atoms with Gasteiger partial charge in [0.25, 0.3) is 5.78 Å². The topological polar surface area (TPSA) is 102 Å². The molecule has 0 N–H and O–H groups in total. The predicted octanol–water partition coefficient (Wildman–Crippen LogP) is 4.38. The summed E-state index contributed by atoms with van der Waals surface area (Å²) in [6.45, 7) is 0.930. The fraction of sp³-hybridized carbons (Fsp3) is 0.320. The molecule has 0 aliphatic carbocycles. The smallest absolute Gasteiger partial charge is 0.416 e. The highest BCUT2D eigenvalue weighted by Crippen LogP contribution is 2.38. The number of sulfonamides is 1. The van der Waals surface area contributed by atoms with E-state index in [1.165, 1.54) is 17.7 Å². The highest BCUT2D eigenvalue weighted by atomic mass is 35.5. The quantitative estimate of drug-likeness (QED) is 0.323. The SMILES string of the molecule is COc1ccc(-c2cnc3ncnn3c2N2CCCN(S(=O)(=O)c3ccc(C(F)(F)F)cc3Cl)CC2)cc1OC. The number of benzene rings is 2. The van der Waals surface area contributed by atoms with Gasteiger partial charge in [0.2, 0.25) is 10.0 Å². The Labute approximate surface area is 233 Å². The van der Waals surface area contributed by atoms with E-state index in [0.29, 0.717) is 47.7 Å². The number of hydrogen-bond acceptors (Lipinski definition) is 8. The maximum Gasteiger partial charge on any atom is 0.416 e. The summed E-state index contributed by atoms with van der Waals surface area (Å²) in [7, 11) is -1.09. The number of aromatic nitrogens is 4. The molecule has 1 fully saturated rings. The van der Waals surface area contributed by atoms with Crippen molar-refractivity contribution in [2.24, 2.45) is 0 Å². The molecule has 4 aromatic rings. The molecule has 10 nitrogen and oxygen atoms in total. The van der Waals surface area contributed by atoms with Crippen LogP contribution < -0.4 is 14.4 Å². The summed E-state index contributed by atoms with van der Waals surface area (Å²) >= 11 is 6.03. The van der Waals surface area contributed by atoms with Crippen LogP contribution in [-0.2, 0) is 16.2 Å². The molecule has 2 aromatic heterocycles. The molecule has 0 amide bonds. The Kier molecular flexibility index (Phi) is 7.50. The lowest BCUT2D eigenvalue weighted by Crippen LogP contribution is -2.36. The molecule has 0 atom stereocenters. The van der Waals surface area contributed by atoms with Crippen LogP contribution in [0.3, 0.4) is 0 Å². The molecule has 0 radical (unpaired) electrons. The zero-order chi connectivity index (χ0) is 28.7. The number of hydrogen-bond donors (Lipinski definition) is 0. The number of ether oxygens (including phenoxy) is 2. The predicted molar refractivity (Wildman–Crippen MR) is 141 cm³/mol. The van der Waals surface area contributed by atoms with E-state index in [9.17, 15) is 21.6 Å². The van der Waals surface area contributed by atoms with Gasteiger partial charge in [0.1, 0.15) is 17.0 Å². The summed E-state index contributed by atoms with van der Waals surface area (Å²) in [5.41, 5.74) is 0.458. The second kappa shape index (κ2) is 10.7. The van der Waals surface area contributed by atoms with Gasteiger partial charge in [-0.25, -0.2) is 13.4 Å². The van der Waals surface area contributed by atoms with E-state index in [2.05, 4.69) is 15.1 Å². The highest BCUT2D eigenvalue weighted by molar-refractivity contribution is 7.89. The van der Waals surface area contributed by atoms with Crippen molar-refractivity contribution in [3.63, 3.8) is 0 Å². The molecule has 1 aliphatic heterocycles. The first-order valence-electron chi connectivity index (χ1n) is 12.1. The van der Waals surface area contributed by atoms with Gasteiger partial charge >= 0.3 is 6.18 Å². The Hall–Kier alpha value is -3.62. The van der Waals surface area contributed by atoms with E-state index in [0.717, 1.165) is 17.7 Å². The molecule has 5 rings (SSSR count). The standard InChI is InChI=1S/C25H24ClF3N6O4S/c1-38-20-6-4-16(12-21(20)39-2)18-14-30-24-31-15-32-35(24)23(18)33-8-3-9-34(11-10-33)40(36,37)22-7-5-17(13-19(22)26)25(27,28)29/h4-7,12-15H,3,8-11H2,1-2H3. The molecule has 3 heterocycles. The largest absolute Gasteiger partial charge is 0.493 e. The van der Waals surface area contributed by atoms with Crippen LogP contribution in [0.25, 0.3) is 16.9 Å². The third kappa shape index (κ3) is 5.13. The van der Waals surface area contributed by atoms with Crippen molar-refractivity contribution < 1.29 is 31.1 Å². The van der Waals surface area contributed by atoms with Gasteiger partial charge in [0, 0.05) is 37.9 Å². The van der Waals surface area contributed by atoms with Gasteiger partial charge < -0.3 is 14.4 Å². The summed E-state index contributed by atoms with van der Waals surface area (Å²) in [6, 6.07) is 7.69. The first kappa shape index (κ1) is 27.9. The lowest BCUT2D eigenvalue weighted by Gasteiger charge is -2.26. The average Bonchev–Trinajstić information content (AvgIpc) is 3.27. The van der Waals surface area contributed by atoms with Crippen LogP contribution in [0, 0.1) is 0 Å². The molecule has 2 aromatic carbocycles.